The van der Waals surface area contributed by atoms with Gasteiger partial charge >= 0.3 is 5.97 Å². The molecule has 0 atom stereocenters. The molecule has 1 aromatic carbocycles. The monoisotopic (exact) mass is 243 g/mol. The van der Waals surface area contributed by atoms with Gasteiger partial charge in [-0.25, -0.2) is 4.79 Å². The molecule has 0 aliphatic carbocycles. The Hall–Kier alpha value is -1.24. The highest BCUT2D eigenvalue weighted by atomic mass is 35.5. The van der Waals surface area contributed by atoms with Crippen LogP contribution in [0.5, 0.6) is 0 Å². The zero-order valence-electron chi connectivity index (χ0n) is 7.63. The van der Waals surface area contributed by atoms with Crippen LogP contribution in [0.2, 0.25) is 10.0 Å². The van der Waals surface area contributed by atoms with Crippen molar-refractivity contribution in [1.29, 1.82) is 5.26 Å². The third kappa shape index (κ3) is 2.62. The molecule has 0 bridgehead atoms. The van der Waals surface area contributed by atoms with Crippen molar-refractivity contribution in [2.45, 2.75) is 12.8 Å². The Morgan fingerprint density at radius 2 is 2.13 bits per heavy atom. The number of benzene rings is 1. The summed E-state index contributed by atoms with van der Waals surface area (Å²) < 4.78 is 0. The van der Waals surface area contributed by atoms with E-state index in [-0.39, 0.29) is 22.0 Å². The van der Waals surface area contributed by atoms with Crippen molar-refractivity contribution < 1.29 is 9.90 Å². The first-order chi connectivity index (χ1) is 7.07. The van der Waals surface area contributed by atoms with Crippen molar-refractivity contribution in [2.24, 2.45) is 0 Å². The lowest BCUT2D eigenvalue weighted by Gasteiger charge is -2.07. The third-order valence-corrected chi connectivity index (χ3v) is 2.71. The van der Waals surface area contributed by atoms with E-state index < -0.39 is 5.97 Å². The van der Waals surface area contributed by atoms with E-state index in [1.54, 1.807) is 6.07 Å². The van der Waals surface area contributed by atoms with E-state index in [9.17, 15) is 4.79 Å². The number of aryl methyl sites for hydroxylation is 1. The van der Waals surface area contributed by atoms with Gasteiger partial charge in [0.25, 0.3) is 0 Å². The molecule has 0 aliphatic heterocycles. The summed E-state index contributed by atoms with van der Waals surface area (Å²) in [5.74, 6) is -1.13. The van der Waals surface area contributed by atoms with E-state index in [2.05, 4.69) is 0 Å². The molecule has 1 aromatic rings. The van der Waals surface area contributed by atoms with Crippen molar-refractivity contribution >= 4 is 29.2 Å². The van der Waals surface area contributed by atoms with E-state index in [4.69, 9.17) is 33.6 Å². The highest BCUT2D eigenvalue weighted by molar-refractivity contribution is 6.43. The quantitative estimate of drug-likeness (QED) is 0.888. The molecule has 78 valence electrons. The molecule has 0 aliphatic rings. The molecule has 0 fully saturated rings. The van der Waals surface area contributed by atoms with Crippen LogP contribution in [0, 0.1) is 11.3 Å². The largest absolute Gasteiger partial charge is 0.478 e. The van der Waals surface area contributed by atoms with E-state index >= 15 is 0 Å². The molecule has 0 radical (unpaired) electrons. The normalized spacial score (nSPS) is 9.67. The van der Waals surface area contributed by atoms with Crippen LogP contribution in [0.3, 0.4) is 0 Å². The van der Waals surface area contributed by atoms with Gasteiger partial charge in [-0.3, -0.25) is 0 Å². The summed E-state index contributed by atoms with van der Waals surface area (Å²) in [6.45, 7) is 0. The second-order valence-corrected chi connectivity index (χ2v) is 3.64. The number of carboxylic acid groups (broad SMARTS) is 1. The Morgan fingerprint density at radius 3 is 2.67 bits per heavy atom. The fourth-order valence-corrected chi connectivity index (χ4v) is 1.64. The van der Waals surface area contributed by atoms with Gasteiger partial charge in [-0.2, -0.15) is 5.26 Å². The molecule has 1 N–H and O–H groups in total. The minimum atomic E-state index is -1.13. The minimum Gasteiger partial charge on any atom is -0.478 e. The molecule has 0 saturated carbocycles. The van der Waals surface area contributed by atoms with Gasteiger partial charge in [0.2, 0.25) is 0 Å². The van der Waals surface area contributed by atoms with Gasteiger partial charge in [0, 0.05) is 6.42 Å². The first kappa shape index (κ1) is 11.8. The summed E-state index contributed by atoms with van der Waals surface area (Å²) in [7, 11) is 0. The Kier molecular flexibility index (Phi) is 3.96. The number of nitriles is 1. The van der Waals surface area contributed by atoms with Gasteiger partial charge in [-0.15, -0.1) is 0 Å². The fraction of sp³-hybridized carbons (Fsp3) is 0.200. The van der Waals surface area contributed by atoms with Gasteiger partial charge in [-0.05, 0) is 18.1 Å². The van der Waals surface area contributed by atoms with E-state index in [1.165, 1.54) is 6.07 Å². The average molecular weight is 244 g/mol. The van der Waals surface area contributed by atoms with Gasteiger partial charge < -0.3 is 5.11 Å². The van der Waals surface area contributed by atoms with Crippen LogP contribution in [-0.4, -0.2) is 11.1 Å². The summed E-state index contributed by atoms with van der Waals surface area (Å²) in [4.78, 5) is 10.9. The summed E-state index contributed by atoms with van der Waals surface area (Å²) in [6, 6.07) is 5.06. The van der Waals surface area contributed by atoms with Crippen LogP contribution in [0.15, 0.2) is 12.1 Å². The number of hydrogen-bond acceptors (Lipinski definition) is 2. The van der Waals surface area contributed by atoms with Crippen molar-refractivity contribution in [2.75, 3.05) is 0 Å². The number of nitrogens with zero attached hydrogens (tertiary/aromatic N) is 1. The number of halogens is 2. The number of rotatable bonds is 3. The molecule has 15 heavy (non-hydrogen) atoms. The number of aromatic carboxylic acids is 1. The average Bonchev–Trinajstić information content (AvgIpc) is 2.19. The Balaban J connectivity index is 3.22. The number of carboxylic acids is 1. The molecular weight excluding hydrogens is 237 g/mol. The van der Waals surface area contributed by atoms with Crippen LogP contribution in [0.4, 0.5) is 0 Å². The molecule has 3 nitrogen and oxygen atoms in total. The lowest BCUT2D eigenvalue weighted by atomic mass is 10.0. The second kappa shape index (κ2) is 5.01. The SMILES string of the molecule is N#CCCc1ccc(Cl)c(Cl)c1C(=O)O. The lowest BCUT2D eigenvalue weighted by Crippen LogP contribution is -2.04. The third-order valence-electron chi connectivity index (χ3n) is 1.90. The van der Waals surface area contributed by atoms with Gasteiger partial charge in [0.05, 0.1) is 21.7 Å². The van der Waals surface area contributed by atoms with Crippen molar-refractivity contribution in [1.82, 2.24) is 0 Å². The van der Waals surface area contributed by atoms with Crippen LogP contribution >= 0.6 is 23.2 Å². The maximum Gasteiger partial charge on any atom is 0.337 e. The summed E-state index contributed by atoms with van der Waals surface area (Å²) in [6.07, 6.45) is 0.604. The van der Waals surface area contributed by atoms with Crippen LogP contribution in [-0.2, 0) is 6.42 Å². The topological polar surface area (TPSA) is 61.1 Å². The van der Waals surface area contributed by atoms with Gasteiger partial charge in [0.15, 0.2) is 0 Å². The lowest BCUT2D eigenvalue weighted by molar-refractivity contribution is 0.0696. The van der Waals surface area contributed by atoms with Crippen LogP contribution in [0.25, 0.3) is 0 Å². The molecule has 0 heterocycles. The number of hydrogen-bond donors (Lipinski definition) is 1. The van der Waals surface area contributed by atoms with E-state index in [1.807, 2.05) is 6.07 Å². The predicted molar refractivity (Wildman–Crippen MR) is 57.4 cm³/mol. The maximum atomic E-state index is 10.9. The van der Waals surface area contributed by atoms with Gasteiger partial charge in [-0.1, -0.05) is 29.3 Å². The molecule has 0 saturated heterocycles. The molecule has 0 spiro atoms. The Labute approximate surface area is 96.8 Å². The Bertz CT molecular complexity index is 438. The molecule has 0 unspecified atom stereocenters. The minimum absolute atomic E-state index is 0.0144. The predicted octanol–water partition coefficient (Wildman–Crippen LogP) is 3.15. The highest BCUT2D eigenvalue weighted by Crippen LogP contribution is 2.29. The van der Waals surface area contributed by atoms with Crippen LogP contribution in [0.1, 0.15) is 22.3 Å². The Morgan fingerprint density at radius 1 is 1.47 bits per heavy atom. The van der Waals surface area contributed by atoms with Crippen molar-refractivity contribution in [3.8, 4) is 6.07 Å². The summed E-state index contributed by atoms with van der Waals surface area (Å²) >= 11 is 11.5. The maximum absolute atomic E-state index is 10.9. The molecule has 1 rings (SSSR count). The van der Waals surface area contributed by atoms with Crippen molar-refractivity contribution in [3.05, 3.63) is 33.3 Å². The summed E-state index contributed by atoms with van der Waals surface area (Å²) in [5, 5.41) is 17.6. The fourth-order valence-electron chi connectivity index (χ4n) is 1.22. The van der Waals surface area contributed by atoms with E-state index in [0.717, 1.165) is 0 Å². The zero-order valence-corrected chi connectivity index (χ0v) is 9.14. The number of carbonyl (C=O) groups is 1. The summed E-state index contributed by atoms with van der Waals surface area (Å²) in [5.41, 5.74) is 0.512. The van der Waals surface area contributed by atoms with Gasteiger partial charge in [0.1, 0.15) is 0 Å². The first-order valence-electron chi connectivity index (χ1n) is 4.15. The standard InChI is InChI=1S/C10H7Cl2NO2/c11-7-4-3-6(2-1-5-13)8(9(7)12)10(14)15/h3-4H,1-2H2,(H,14,15). The highest BCUT2D eigenvalue weighted by Gasteiger charge is 2.16. The second-order valence-electron chi connectivity index (χ2n) is 2.86. The molecule has 5 heteroatoms. The van der Waals surface area contributed by atoms with E-state index in [0.29, 0.717) is 12.0 Å². The van der Waals surface area contributed by atoms with Crippen molar-refractivity contribution in [3.63, 3.8) is 0 Å². The zero-order chi connectivity index (χ0) is 11.4. The molecule has 0 aromatic heterocycles. The molecular formula is C10H7Cl2NO2. The first-order valence-corrected chi connectivity index (χ1v) is 4.90. The smallest absolute Gasteiger partial charge is 0.337 e. The van der Waals surface area contributed by atoms with Crippen LogP contribution < -0.4 is 0 Å². The molecule has 0 amide bonds.